The van der Waals surface area contributed by atoms with Crippen LogP contribution in [0.25, 0.3) is 11.0 Å². The molecule has 3 fully saturated rings. The fourth-order valence-electron chi connectivity index (χ4n) is 8.57. The maximum Gasteiger partial charge on any atom is 0.407 e. The summed E-state index contributed by atoms with van der Waals surface area (Å²) in [4.78, 5) is 39.1. The number of H-pyrrole nitrogens is 1. The summed E-state index contributed by atoms with van der Waals surface area (Å²) in [7, 11) is 2.67. The molecule has 1 aromatic heterocycles. The van der Waals surface area contributed by atoms with Gasteiger partial charge in [0.1, 0.15) is 29.2 Å². The summed E-state index contributed by atoms with van der Waals surface area (Å²) in [6, 6.07) is 10.1. The van der Waals surface area contributed by atoms with E-state index in [1.807, 2.05) is 11.8 Å². The number of alkyl carbamates (subject to hydrolysis) is 1. The number of carbonyl (C=O) groups is 2. The highest BCUT2D eigenvalue weighted by atomic mass is 19.1. The Morgan fingerprint density at radius 3 is 2.26 bits per heavy atom. The molecule has 0 radical (unpaired) electrons. The first-order valence-electron chi connectivity index (χ1n) is 18.6. The van der Waals surface area contributed by atoms with Crippen molar-refractivity contribution >= 4 is 34.4 Å². The summed E-state index contributed by atoms with van der Waals surface area (Å²) in [6.45, 7) is 5.00. The molecule has 54 heavy (non-hydrogen) atoms. The number of ether oxygens (including phenoxy) is 2. The Kier molecular flexibility index (Phi) is 10.7. The molecular formula is C40H46F4N6O4. The van der Waals surface area contributed by atoms with Crippen molar-refractivity contribution in [2.45, 2.75) is 88.6 Å². The Bertz CT molecular complexity index is 1980. The molecule has 3 aliphatic rings. The van der Waals surface area contributed by atoms with Crippen molar-refractivity contribution in [3.05, 3.63) is 88.8 Å². The number of imidazole rings is 1. The minimum absolute atomic E-state index is 0.0696. The first kappa shape index (κ1) is 37.5. The molecule has 0 aliphatic carbocycles. The second-order valence-corrected chi connectivity index (χ2v) is 14.7. The Hall–Kier alpha value is -4.85. The third-order valence-corrected chi connectivity index (χ3v) is 11.5. The quantitative estimate of drug-likeness (QED) is 0.170. The number of piperidine rings is 1. The normalized spacial score (nSPS) is 21.9. The zero-order valence-corrected chi connectivity index (χ0v) is 30.9. The molecule has 2 amide bonds. The highest BCUT2D eigenvalue weighted by Crippen LogP contribution is 2.44. The van der Waals surface area contributed by atoms with E-state index in [4.69, 9.17) is 14.5 Å². The SMILES string of the molecule is COC(=O)N[C@H](C(=O)N1CCC[C@H]1c1nc2cc([C@H]3CC[C@H](C)N3c3cc(F)c(N4CCC(c5ccc(F)cc5)CC4)c(F)c3)c(F)cc2[nH]1)[C@@H](C)OC. The fraction of sp³-hybridized carbons (Fsp3) is 0.475. The van der Waals surface area contributed by atoms with Crippen LogP contribution in [0.2, 0.25) is 0 Å². The maximum absolute atomic E-state index is 16.0. The van der Waals surface area contributed by atoms with Gasteiger partial charge in [-0.15, -0.1) is 0 Å². The van der Waals surface area contributed by atoms with Crippen LogP contribution in [0.3, 0.4) is 0 Å². The summed E-state index contributed by atoms with van der Waals surface area (Å²) >= 11 is 0. The average molecular weight is 751 g/mol. The Morgan fingerprint density at radius 2 is 1.59 bits per heavy atom. The number of hydrogen-bond acceptors (Lipinski definition) is 7. The summed E-state index contributed by atoms with van der Waals surface area (Å²) in [5, 5.41) is 2.57. The molecule has 3 aliphatic heterocycles. The number of likely N-dealkylation sites (tertiary alicyclic amines) is 1. The van der Waals surface area contributed by atoms with Crippen molar-refractivity contribution in [1.29, 1.82) is 0 Å². The van der Waals surface area contributed by atoms with E-state index < -0.39 is 47.8 Å². The van der Waals surface area contributed by atoms with Gasteiger partial charge in [0.15, 0.2) is 11.6 Å². The predicted octanol–water partition coefficient (Wildman–Crippen LogP) is 7.66. The average Bonchev–Trinajstić information content (AvgIpc) is 3.91. The second kappa shape index (κ2) is 15.5. The van der Waals surface area contributed by atoms with Crippen LogP contribution in [-0.4, -0.2) is 78.9 Å². The van der Waals surface area contributed by atoms with Gasteiger partial charge in [-0.25, -0.2) is 27.3 Å². The molecule has 2 N–H and O–H groups in total. The number of rotatable bonds is 9. The van der Waals surface area contributed by atoms with E-state index >= 15 is 13.2 Å². The van der Waals surface area contributed by atoms with E-state index in [-0.39, 0.29) is 29.4 Å². The number of fused-ring (bicyclic) bond motifs is 1. The number of halogens is 4. The van der Waals surface area contributed by atoms with Crippen LogP contribution in [0.15, 0.2) is 48.5 Å². The molecule has 3 aromatic carbocycles. The van der Waals surface area contributed by atoms with Gasteiger partial charge in [0.05, 0.1) is 36.3 Å². The van der Waals surface area contributed by atoms with Gasteiger partial charge in [0.25, 0.3) is 0 Å². The monoisotopic (exact) mass is 750 g/mol. The van der Waals surface area contributed by atoms with Crippen molar-refractivity contribution in [2.75, 3.05) is 43.7 Å². The smallest absolute Gasteiger partial charge is 0.407 e. The van der Waals surface area contributed by atoms with Crippen LogP contribution in [0, 0.1) is 23.3 Å². The van der Waals surface area contributed by atoms with Gasteiger partial charge < -0.3 is 34.5 Å². The van der Waals surface area contributed by atoms with Crippen LogP contribution in [0.4, 0.5) is 33.7 Å². The first-order chi connectivity index (χ1) is 26.0. The predicted molar refractivity (Wildman–Crippen MR) is 196 cm³/mol. The fourth-order valence-corrected chi connectivity index (χ4v) is 8.57. The van der Waals surface area contributed by atoms with Crippen LogP contribution in [0.5, 0.6) is 0 Å². The van der Waals surface area contributed by atoms with Crippen LogP contribution in [0.1, 0.15) is 87.3 Å². The van der Waals surface area contributed by atoms with Crippen LogP contribution >= 0.6 is 0 Å². The Morgan fingerprint density at radius 1 is 0.889 bits per heavy atom. The van der Waals surface area contributed by atoms with E-state index in [1.54, 1.807) is 34.9 Å². The first-order valence-corrected chi connectivity index (χ1v) is 18.6. The van der Waals surface area contributed by atoms with Crippen molar-refractivity contribution in [3.63, 3.8) is 0 Å². The minimum atomic E-state index is -0.990. The molecule has 288 valence electrons. The van der Waals surface area contributed by atoms with Crippen molar-refractivity contribution in [2.24, 2.45) is 0 Å². The number of nitrogens with zero attached hydrogens (tertiary/aromatic N) is 4. The molecule has 4 heterocycles. The molecule has 0 bridgehead atoms. The van der Waals surface area contributed by atoms with Gasteiger partial charge >= 0.3 is 6.09 Å². The molecule has 5 atom stereocenters. The number of methoxy groups -OCH3 is 2. The van der Waals surface area contributed by atoms with Gasteiger partial charge in [-0.3, -0.25) is 4.79 Å². The molecule has 3 saturated heterocycles. The zero-order chi connectivity index (χ0) is 38.3. The molecule has 0 unspecified atom stereocenters. The lowest BCUT2D eigenvalue weighted by Gasteiger charge is -2.35. The van der Waals surface area contributed by atoms with Gasteiger partial charge in [0.2, 0.25) is 5.91 Å². The molecular weight excluding hydrogens is 704 g/mol. The van der Waals surface area contributed by atoms with Gasteiger partial charge in [-0.2, -0.15) is 0 Å². The lowest BCUT2D eigenvalue weighted by Crippen LogP contribution is -2.54. The van der Waals surface area contributed by atoms with E-state index in [1.165, 1.54) is 44.6 Å². The third-order valence-electron chi connectivity index (χ3n) is 11.5. The molecule has 0 saturated carbocycles. The number of carbonyl (C=O) groups excluding carboxylic acids is 2. The third kappa shape index (κ3) is 7.19. The number of benzene rings is 3. The molecule has 4 aromatic rings. The van der Waals surface area contributed by atoms with E-state index in [2.05, 4.69) is 10.3 Å². The zero-order valence-electron chi connectivity index (χ0n) is 30.9. The number of aromatic amines is 1. The number of amides is 2. The Labute approximate surface area is 311 Å². The standard InChI is InChI=1S/C40H46F4N6O4/c1-22-7-12-34(50(22)27-18-30(43)37(31(44)19-27)48-16-13-25(14-17-48)24-8-10-26(41)11-9-24)28-20-32-33(21-29(28)42)46-38(45-32)35-6-5-15-49(35)39(51)36(23(2)53-3)47-40(52)54-4/h8-11,18-23,25,34-36H,5-7,12-17H2,1-4H3,(H,45,46)(H,47,52)/t22-,23+,34+,35-,36-/m0/s1. The second-order valence-electron chi connectivity index (χ2n) is 14.7. The molecule has 7 rings (SSSR count). The van der Waals surface area contributed by atoms with Crippen molar-refractivity contribution in [3.8, 4) is 0 Å². The number of aromatic nitrogens is 2. The van der Waals surface area contributed by atoms with Crippen LogP contribution < -0.4 is 15.1 Å². The molecule has 10 nitrogen and oxygen atoms in total. The Balaban J connectivity index is 1.11. The largest absolute Gasteiger partial charge is 0.453 e. The van der Waals surface area contributed by atoms with Gasteiger partial charge in [-0.1, -0.05) is 12.1 Å². The molecule has 0 spiro atoms. The number of hydrogen-bond donors (Lipinski definition) is 2. The lowest BCUT2D eigenvalue weighted by atomic mass is 9.89. The summed E-state index contributed by atoms with van der Waals surface area (Å²) in [5.74, 6) is -1.78. The summed E-state index contributed by atoms with van der Waals surface area (Å²) in [5.41, 5.74) is 2.62. The number of anilines is 2. The van der Waals surface area contributed by atoms with Gasteiger partial charge in [0, 0.05) is 44.0 Å². The minimum Gasteiger partial charge on any atom is -0.453 e. The maximum atomic E-state index is 16.0. The van der Waals surface area contributed by atoms with Gasteiger partial charge in [-0.05, 0) is 100 Å². The lowest BCUT2D eigenvalue weighted by molar-refractivity contribution is -0.137. The number of nitrogens with one attached hydrogen (secondary N) is 2. The van der Waals surface area contributed by atoms with E-state index in [0.29, 0.717) is 86.3 Å². The summed E-state index contributed by atoms with van der Waals surface area (Å²) < 4.78 is 71.3. The van der Waals surface area contributed by atoms with Crippen LogP contribution in [-0.2, 0) is 14.3 Å². The van der Waals surface area contributed by atoms with E-state index in [0.717, 1.165) is 5.56 Å². The topological polar surface area (TPSA) is 103 Å². The van der Waals surface area contributed by atoms with Crippen molar-refractivity contribution in [1.82, 2.24) is 20.2 Å². The molecule has 14 heteroatoms. The highest BCUT2D eigenvalue weighted by molar-refractivity contribution is 5.87. The highest BCUT2D eigenvalue weighted by Gasteiger charge is 2.40. The van der Waals surface area contributed by atoms with E-state index in [9.17, 15) is 14.0 Å². The van der Waals surface area contributed by atoms with Crippen molar-refractivity contribution < 1.29 is 36.6 Å². The summed E-state index contributed by atoms with van der Waals surface area (Å²) in [6.07, 6.45) is 2.56.